The number of amides is 2. The van der Waals surface area contributed by atoms with Crippen LogP contribution >= 0.6 is 11.3 Å². The normalized spacial score (nSPS) is 13.0. The van der Waals surface area contributed by atoms with Gasteiger partial charge in [-0.2, -0.15) is 0 Å². The van der Waals surface area contributed by atoms with Crippen molar-refractivity contribution >= 4 is 28.5 Å². The minimum Gasteiger partial charge on any atom is -0.480 e. The zero-order valence-electron chi connectivity index (χ0n) is 12.9. The molecule has 1 rings (SSSR count). The molecule has 8 heteroatoms. The lowest BCUT2D eigenvalue weighted by Crippen LogP contribution is -2.50. The first-order valence-electron chi connectivity index (χ1n) is 6.72. The number of carboxylic acid groups (broad SMARTS) is 1. The van der Waals surface area contributed by atoms with Gasteiger partial charge in [0.05, 0.1) is 0 Å². The van der Waals surface area contributed by atoms with Crippen LogP contribution < -0.4 is 10.6 Å². The van der Waals surface area contributed by atoms with Crippen LogP contribution in [-0.4, -0.2) is 33.3 Å². The number of anilines is 1. The van der Waals surface area contributed by atoms with Gasteiger partial charge in [0.1, 0.15) is 11.0 Å². The summed E-state index contributed by atoms with van der Waals surface area (Å²) >= 11 is 1.29. The Hall–Kier alpha value is -1.70. The average Bonchev–Trinajstić information content (AvgIpc) is 2.70. The van der Waals surface area contributed by atoms with E-state index in [1.54, 1.807) is 20.8 Å². The molecule has 118 valence electrons. The second-order valence-electron chi connectivity index (χ2n) is 6.33. The molecule has 0 saturated carbocycles. The predicted molar refractivity (Wildman–Crippen MR) is 81.5 cm³/mol. The van der Waals surface area contributed by atoms with E-state index in [2.05, 4.69) is 34.7 Å². The number of aromatic nitrogens is 2. The highest BCUT2D eigenvalue weighted by molar-refractivity contribution is 7.15. The highest BCUT2D eigenvalue weighted by Crippen LogP contribution is 2.21. The lowest BCUT2D eigenvalue weighted by molar-refractivity contribution is -0.141. The molecule has 0 saturated heterocycles. The molecule has 2 amide bonds. The summed E-state index contributed by atoms with van der Waals surface area (Å²) in [6.45, 7) is 9.39. The smallest absolute Gasteiger partial charge is 0.326 e. The Labute approximate surface area is 128 Å². The summed E-state index contributed by atoms with van der Waals surface area (Å²) in [5.41, 5.74) is -0.590. The molecule has 1 aromatic rings. The first kappa shape index (κ1) is 17.4. The summed E-state index contributed by atoms with van der Waals surface area (Å²) in [6.07, 6.45) is 0.792. The van der Waals surface area contributed by atoms with E-state index >= 15 is 0 Å². The summed E-state index contributed by atoms with van der Waals surface area (Å²) in [5, 5.41) is 23.2. The van der Waals surface area contributed by atoms with Crippen molar-refractivity contribution < 1.29 is 14.7 Å². The van der Waals surface area contributed by atoms with E-state index in [-0.39, 0.29) is 0 Å². The summed E-state index contributed by atoms with van der Waals surface area (Å²) in [5.74, 6) is -0.618. The highest BCUT2D eigenvalue weighted by Gasteiger charge is 2.32. The topological polar surface area (TPSA) is 104 Å². The number of carbonyl (C=O) groups excluding carboxylic acids is 1. The van der Waals surface area contributed by atoms with E-state index < -0.39 is 23.5 Å². The first-order chi connectivity index (χ1) is 9.59. The van der Waals surface area contributed by atoms with Crippen molar-refractivity contribution in [2.45, 2.75) is 47.1 Å². The molecule has 3 N–H and O–H groups in total. The molecular formula is C13H22N4O3S. The van der Waals surface area contributed by atoms with Crippen LogP contribution in [0.25, 0.3) is 0 Å². The quantitative estimate of drug-likeness (QED) is 0.774. The van der Waals surface area contributed by atoms with Crippen molar-refractivity contribution in [1.82, 2.24) is 15.5 Å². The molecule has 7 nitrogen and oxygen atoms in total. The Morgan fingerprint density at radius 1 is 1.29 bits per heavy atom. The summed E-state index contributed by atoms with van der Waals surface area (Å²) < 4.78 is 0. The van der Waals surface area contributed by atoms with Gasteiger partial charge >= 0.3 is 12.0 Å². The van der Waals surface area contributed by atoms with Crippen LogP contribution in [-0.2, 0) is 11.2 Å². The SMILES string of the molecule is CC(C)Cc1nnc(NC(=O)NC(C(=O)O)C(C)(C)C)s1. The van der Waals surface area contributed by atoms with Crippen LogP contribution in [0, 0.1) is 11.3 Å². The van der Waals surface area contributed by atoms with Crippen LogP contribution in [0.4, 0.5) is 9.93 Å². The number of nitrogens with zero attached hydrogens (tertiary/aromatic N) is 2. The number of carboxylic acids is 1. The van der Waals surface area contributed by atoms with Gasteiger partial charge in [0, 0.05) is 6.42 Å². The Balaban J connectivity index is 2.64. The maximum Gasteiger partial charge on any atom is 0.326 e. The number of hydrogen-bond acceptors (Lipinski definition) is 5. The first-order valence-corrected chi connectivity index (χ1v) is 7.54. The summed E-state index contributed by atoms with van der Waals surface area (Å²) in [4.78, 5) is 23.1. The maximum atomic E-state index is 11.9. The number of nitrogens with one attached hydrogen (secondary N) is 2. The second-order valence-corrected chi connectivity index (χ2v) is 7.40. The molecule has 21 heavy (non-hydrogen) atoms. The third kappa shape index (κ3) is 5.66. The van der Waals surface area contributed by atoms with Gasteiger partial charge in [-0.15, -0.1) is 10.2 Å². The second kappa shape index (κ2) is 6.84. The zero-order chi connectivity index (χ0) is 16.2. The van der Waals surface area contributed by atoms with Gasteiger partial charge in [-0.25, -0.2) is 9.59 Å². The van der Waals surface area contributed by atoms with Gasteiger partial charge in [-0.3, -0.25) is 5.32 Å². The minimum absolute atomic E-state index is 0.362. The van der Waals surface area contributed by atoms with Gasteiger partial charge in [0.2, 0.25) is 5.13 Å². The van der Waals surface area contributed by atoms with Gasteiger partial charge < -0.3 is 10.4 Å². The predicted octanol–water partition coefficient (Wildman–Crippen LogP) is 2.36. The number of carbonyl (C=O) groups is 2. The average molecular weight is 314 g/mol. The molecule has 1 aromatic heterocycles. The van der Waals surface area contributed by atoms with Crippen molar-refractivity contribution in [2.75, 3.05) is 5.32 Å². The molecule has 0 aromatic carbocycles. The molecule has 1 atom stereocenters. The van der Waals surface area contributed by atoms with Crippen LogP contribution in [0.15, 0.2) is 0 Å². The van der Waals surface area contributed by atoms with Crippen LogP contribution in [0.5, 0.6) is 0 Å². The molecule has 0 aliphatic heterocycles. The van der Waals surface area contributed by atoms with E-state index in [1.807, 2.05) is 0 Å². The fourth-order valence-corrected chi connectivity index (χ4v) is 2.60. The van der Waals surface area contributed by atoms with Crippen molar-refractivity contribution in [2.24, 2.45) is 11.3 Å². The van der Waals surface area contributed by atoms with E-state index in [9.17, 15) is 9.59 Å². The standard InChI is InChI=1S/C13H22N4O3S/c1-7(2)6-8-16-17-12(21-8)15-11(20)14-9(10(18)19)13(3,4)5/h7,9H,6H2,1-5H3,(H,18,19)(H2,14,15,17,20). The van der Waals surface area contributed by atoms with Crippen molar-refractivity contribution in [3.63, 3.8) is 0 Å². The Kier molecular flexibility index (Phi) is 5.65. The largest absolute Gasteiger partial charge is 0.480 e. The van der Waals surface area contributed by atoms with E-state index in [4.69, 9.17) is 5.11 Å². The number of rotatable bonds is 5. The third-order valence-corrected chi connectivity index (χ3v) is 3.52. The van der Waals surface area contributed by atoms with Gasteiger partial charge in [0.15, 0.2) is 0 Å². The van der Waals surface area contributed by atoms with E-state index in [0.717, 1.165) is 11.4 Å². The molecule has 0 bridgehead atoms. The number of hydrogen-bond donors (Lipinski definition) is 3. The molecule has 0 spiro atoms. The summed E-state index contributed by atoms with van der Waals surface area (Å²) in [6, 6.07) is -1.58. The van der Waals surface area contributed by atoms with Gasteiger partial charge in [0.25, 0.3) is 0 Å². The maximum absolute atomic E-state index is 11.9. The molecule has 0 aliphatic rings. The Morgan fingerprint density at radius 2 is 1.90 bits per heavy atom. The molecule has 0 aliphatic carbocycles. The minimum atomic E-state index is -1.07. The van der Waals surface area contributed by atoms with Crippen LogP contribution in [0.3, 0.4) is 0 Å². The fraction of sp³-hybridized carbons (Fsp3) is 0.692. The number of urea groups is 1. The lowest BCUT2D eigenvalue weighted by atomic mass is 9.87. The van der Waals surface area contributed by atoms with Gasteiger partial charge in [-0.1, -0.05) is 46.0 Å². The van der Waals surface area contributed by atoms with Crippen molar-refractivity contribution in [3.05, 3.63) is 5.01 Å². The monoisotopic (exact) mass is 314 g/mol. The molecule has 0 fully saturated rings. The van der Waals surface area contributed by atoms with E-state index in [0.29, 0.717) is 11.0 Å². The van der Waals surface area contributed by atoms with E-state index in [1.165, 1.54) is 11.3 Å². The third-order valence-electron chi connectivity index (χ3n) is 2.66. The van der Waals surface area contributed by atoms with Gasteiger partial charge in [-0.05, 0) is 11.3 Å². The summed E-state index contributed by atoms with van der Waals surface area (Å²) in [7, 11) is 0. The molecule has 1 heterocycles. The highest BCUT2D eigenvalue weighted by atomic mass is 32.1. The van der Waals surface area contributed by atoms with Crippen LogP contribution in [0.2, 0.25) is 0 Å². The van der Waals surface area contributed by atoms with Crippen LogP contribution in [0.1, 0.15) is 39.6 Å². The van der Waals surface area contributed by atoms with Crippen molar-refractivity contribution in [3.8, 4) is 0 Å². The molecular weight excluding hydrogens is 292 g/mol. The Bertz CT molecular complexity index is 508. The zero-order valence-corrected chi connectivity index (χ0v) is 13.7. The lowest BCUT2D eigenvalue weighted by Gasteiger charge is -2.27. The molecule has 0 radical (unpaired) electrons. The molecule has 1 unspecified atom stereocenters. The fourth-order valence-electron chi connectivity index (χ4n) is 1.65. The Morgan fingerprint density at radius 3 is 2.38 bits per heavy atom. The van der Waals surface area contributed by atoms with Crippen molar-refractivity contribution in [1.29, 1.82) is 0 Å². The number of aliphatic carboxylic acids is 1.